The molecule has 0 radical (unpaired) electrons. The molecule has 1 heterocycles. The predicted molar refractivity (Wildman–Crippen MR) is 108 cm³/mol. The van der Waals surface area contributed by atoms with Crippen LogP contribution in [-0.4, -0.2) is 26.3 Å². The van der Waals surface area contributed by atoms with Crippen molar-refractivity contribution in [2.45, 2.75) is 17.9 Å². The first-order valence-corrected chi connectivity index (χ1v) is 10.8. The van der Waals surface area contributed by atoms with Crippen LogP contribution in [0.15, 0.2) is 70.9 Å². The lowest BCUT2D eigenvalue weighted by atomic mass is 10.1. The molecule has 0 saturated heterocycles. The largest absolute Gasteiger partial charge is 0.334 e. The molecule has 28 heavy (non-hydrogen) atoms. The molecule has 0 fully saturated rings. The summed E-state index contributed by atoms with van der Waals surface area (Å²) in [5.41, 5.74) is 0.651. The molecule has 8 heteroatoms. The summed E-state index contributed by atoms with van der Waals surface area (Å²) in [5, 5.41) is 1.96. The van der Waals surface area contributed by atoms with Crippen LogP contribution in [0.4, 0.5) is 10.1 Å². The number of benzene rings is 2. The van der Waals surface area contributed by atoms with Gasteiger partial charge in [0.1, 0.15) is 5.82 Å². The van der Waals surface area contributed by atoms with Crippen molar-refractivity contribution in [3.63, 3.8) is 0 Å². The molecule has 1 unspecified atom stereocenters. The number of amides is 1. The Labute approximate surface area is 167 Å². The maximum absolute atomic E-state index is 13.0. The fraction of sp³-hybridized carbons (Fsp3) is 0.150. The number of nitrogens with zero attached hydrogens (tertiary/aromatic N) is 1. The molecular weight excluding hydrogens is 399 g/mol. The molecule has 0 aliphatic rings. The van der Waals surface area contributed by atoms with E-state index in [0.717, 1.165) is 4.88 Å². The average Bonchev–Trinajstić information content (AvgIpc) is 3.23. The second-order valence-corrected chi connectivity index (χ2v) is 8.91. The molecule has 0 bridgehead atoms. The van der Waals surface area contributed by atoms with Crippen LogP contribution in [0.1, 0.15) is 28.2 Å². The molecule has 1 atom stereocenters. The standard InChI is InChI=1S/C20H19FN2O3S2/c1-14(19-4-3-13-27-19)23(2)20(24)15-5-11-18(12-6-15)28(25,26)22-17-9-7-16(21)8-10-17/h3-14,22H,1-2H3. The third-order valence-electron chi connectivity index (χ3n) is 4.36. The molecule has 3 rings (SSSR count). The van der Waals surface area contributed by atoms with Gasteiger partial charge in [-0.2, -0.15) is 0 Å². The maximum atomic E-state index is 13.0. The lowest BCUT2D eigenvalue weighted by Gasteiger charge is -2.24. The average molecular weight is 419 g/mol. The van der Waals surface area contributed by atoms with Gasteiger partial charge in [-0.25, -0.2) is 12.8 Å². The Kier molecular flexibility index (Phi) is 5.81. The predicted octanol–water partition coefficient (Wildman–Crippen LogP) is 4.52. The molecule has 0 spiro atoms. The van der Waals surface area contributed by atoms with E-state index >= 15 is 0 Å². The molecule has 146 valence electrons. The first-order valence-electron chi connectivity index (χ1n) is 8.47. The Hall–Kier alpha value is -2.71. The van der Waals surface area contributed by atoms with Crippen LogP contribution in [-0.2, 0) is 10.0 Å². The summed E-state index contributed by atoms with van der Waals surface area (Å²) >= 11 is 1.57. The number of anilines is 1. The van der Waals surface area contributed by atoms with Crippen molar-refractivity contribution in [1.82, 2.24) is 4.90 Å². The summed E-state index contributed by atoms with van der Waals surface area (Å²) in [5.74, 6) is -0.650. The molecule has 1 aromatic heterocycles. The number of nitrogens with one attached hydrogen (secondary N) is 1. The van der Waals surface area contributed by atoms with Gasteiger partial charge in [0.25, 0.3) is 15.9 Å². The number of hydrogen-bond donors (Lipinski definition) is 1. The lowest BCUT2D eigenvalue weighted by molar-refractivity contribution is 0.0745. The smallest absolute Gasteiger partial charge is 0.261 e. The summed E-state index contributed by atoms with van der Waals surface area (Å²) in [6.45, 7) is 1.94. The quantitative estimate of drug-likeness (QED) is 0.640. The van der Waals surface area contributed by atoms with Crippen LogP contribution in [0.3, 0.4) is 0 Å². The van der Waals surface area contributed by atoms with Crippen molar-refractivity contribution in [3.05, 3.63) is 82.3 Å². The van der Waals surface area contributed by atoms with Gasteiger partial charge in [0.05, 0.1) is 10.9 Å². The van der Waals surface area contributed by atoms with Crippen LogP contribution in [0.25, 0.3) is 0 Å². The van der Waals surface area contributed by atoms with Crippen LogP contribution < -0.4 is 4.72 Å². The van der Waals surface area contributed by atoms with E-state index in [0.29, 0.717) is 5.56 Å². The Bertz CT molecular complexity index is 1050. The minimum Gasteiger partial charge on any atom is -0.334 e. The van der Waals surface area contributed by atoms with E-state index in [4.69, 9.17) is 0 Å². The molecule has 0 aliphatic heterocycles. The highest BCUT2D eigenvalue weighted by atomic mass is 32.2. The van der Waals surface area contributed by atoms with Gasteiger partial charge < -0.3 is 4.90 Å². The summed E-state index contributed by atoms with van der Waals surface area (Å²) in [4.78, 5) is 15.4. The third kappa shape index (κ3) is 4.40. The van der Waals surface area contributed by atoms with Crippen molar-refractivity contribution in [2.24, 2.45) is 0 Å². The third-order valence-corrected chi connectivity index (χ3v) is 6.80. The Morgan fingerprint density at radius 2 is 1.71 bits per heavy atom. The van der Waals surface area contributed by atoms with E-state index in [-0.39, 0.29) is 22.5 Å². The highest BCUT2D eigenvalue weighted by Gasteiger charge is 2.21. The summed E-state index contributed by atoms with van der Waals surface area (Å²) in [6, 6.07) is 14.6. The Balaban J connectivity index is 1.75. The molecule has 0 aliphatic carbocycles. The van der Waals surface area contributed by atoms with Gasteiger partial charge >= 0.3 is 0 Å². The van der Waals surface area contributed by atoms with E-state index < -0.39 is 15.8 Å². The minimum absolute atomic E-state index is 0.0160. The Morgan fingerprint density at radius 3 is 2.29 bits per heavy atom. The zero-order valence-corrected chi connectivity index (χ0v) is 16.9. The zero-order valence-electron chi connectivity index (χ0n) is 15.3. The van der Waals surface area contributed by atoms with Gasteiger partial charge in [-0.05, 0) is 66.9 Å². The van der Waals surface area contributed by atoms with Crippen molar-refractivity contribution >= 4 is 33.0 Å². The molecule has 1 N–H and O–H groups in total. The highest BCUT2D eigenvalue weighted by Crippen LogP contribution is 2.25. The highest BCUT2D eigenvalue weighted by molar-refractivity contribution is 7.92. The monoisotopic (exact) mass is 418 g/mol. The van der Waals surface area contributed by atoms with Crippen molar-refractivity contribution in [1.29, 1.82) is 0 Å². The molecule has 5 nitrogen and oxygen atoms in total. The van der Waals surface area contributed by atoms with E-state index in [1.54, 1.807) is 23.3 Å². The van der Waals surface area contributed by atoms with E-state index in [1.165, 1.54) is 48.5 Å². The molecule has 1 amide bonds. The SMILES string of the molecule is CC(c1cccs1)N(C)C(=O)c1ccc(S(=O)(=O)Nc2ccc(F)cc2)cc1. The Morgan fingerprint density at radius 1 is 1.07 bits per heavy atom. The summed E-state index contributed by atoms with van der Waals surface area (Å²) in [6.07, 6.45) is 0. The van der Waals surface area contributed by atoms with Crippen molar-refractivity contribution in [3.8, 4) is 0 Å². The van der Waals surface area contributed by atoms with Crippen LogP contribution in [0, 0.1) is 5.82 Å². The number of halogens is 1. The van der Waals surface area contributed by atoms with Gasteiger partial charge in [-0.3, -0.25) is 9.52 Å². The lowest BCUT2D eigenvalue weighted by Crippen LogP contribution is -2.29. The fourth-order valence-corrected chi connectivity index (χ4v) is 4.49. The minimum atomic E-state index is -3.84. The number of sulfonamides is 1. The summed E-state index contributed by atoms with van der Waals surface area (Å²) < 4.78 is 40.3. The first kappa shape index (κ1) is 20.0. The number of thiophene rings is 1. The number of carbonyl (C=O) groups excluding carboxylic acids is 1. The topological polar surface area (TPSA) is 66.5 Å². The summed E-state index contributed by atoms with van der Waals surface area (Å²) in [7, 11) is -2.12. The van der Waals surface area contributed by atoms with E-state index in [9.17, 15) is 17.6 Å². The van der Waals surface area contributed by atoms with E-state index in [2.05, 4.69) is 4.72 Å². The van der Waals surface area contributed by atoms with Gasteiger partial charge in [0.2, 0.25) is 0 Å². The molecule has 2 aromatic carbocycles. The van der Waals surface area contributed by atoms with Crippen molar-refractivity contribution in [2.75, 3.05) is 11.8 Å². The molecule has 0 saturated carbocycles. The first-order chi connectivity index (χ1) is 13.3. The number of hydrogen-bond acceptors (Lipinski definition) is 4. The number of carbonyl (C=O) groups is 1. The van der Waals surface area contributed by atoms with Gasteiger partial charge in [0.15, 0.2) is 0 Å². The van der Waals surface area contributed by atoms with Crippen LogP contribution in [0.5, 0.6) is 0 Å². The second-order valence-electron chi connectivity index (χ2n) is 6.24. The second kappa shape index (κ2) is 8.12. The fourth-order valence-electron chi connectivity index (χ4n) is 2.61. The zero-order chi connectivity index (χ0) is 20.3. The van der Waals surface area contributed by atoms with Gasteiger partial charge in [-0.1, -0.05) is 6.07 Å². The normalized spacial score (nSPS) is 12.4. The molecular formula is C20H19FN2O3S2. The van der Waals surface area contributed by atoms with Crippen LogP contribution >= 0.6 is 11.3 Å². The van der Waals surface area contributed by atoms with Crippen LogP contribution in [0.2, 0.25) is 0 Å². The van der Waals surface area contributed by atoms with Gasteiger partial charge in [-0.15, -0.1) is 11.3 Å². The maximum Gasteiger partial charge on any atom is 0.261 e. The van der Waals surface area contributed by atoms with E-state index in [1.807, 2.05) is 24.4 Å². The number of rotatable bonds is 6. The molecule has 3 aromatic rings. The van der Waals surface area contributed by atoms with Crippen molar-refractivity contribution < 1.29 is 17.6 Å². The van der Waals surface area contributed by atoms with Gasteiger partial charge in [0, 0.05) is 23.2 Å².